The molecule has 3 aliphatic heterocycles. The lowest BCUT2D eigenvalue weighted by Crippen LogP contribution is -2.25. The number of aliphatic hydroxyl groups excluding tert-OH is 1. The van der Waals surface area contributed by atoms with Crippen molar-refractivity contribution in [1.29, 1.82) is 0 Å². The van der Waals surface area contributed by atoms with E-state index in [-0.39, 0.29) is 53.2 Å². The van der Waals surface area contributed by atoms with E-state index in [4.69, 9.17) is 44.8 Å². The zero-order chi connectivity index (χ0) is 48.3. The number of phenols is 2. The van der Waals surface area contributed by atoms with Gasteiger partial charge in [-0.15, -0.1) is 11.6 Å². The number of hydrogen-bond donors (Lipinski definition) is 3. The van der Waals surface area contributed by atoms with Crippen molar-refractivity contribution in [3.8, 4) is 34.5 Å². The summed E-state index contributed by atoms with van der Waals surface area (Å²) >= 11 is 5.27. The molecule has 3 aliphatic rings. The first kappa shape index (κ1) is 50.1. The molecular weight excluding hydrogens is 880 g/mol. The molecule has 3 saturated heterocycles. The summed E-state index contributed by atoms with van der Waals surface area (Å²) < 4.78 is 38.5. The lowest BCUT2D eigenvalue weighted by Gasteiger charge is -2.26. The summed E-state index contributed by atoms with van der Waals surface area (Å²) in [7, 11) is 0. The van der Waals surface area contributed by atoms with Crippen molar-refractivity contribution in [1.82, 2.24) is 0 Å². The van der Waals surface area contributed by atoms with E-state index in [0.29, 0.717) is 36.7 Å². The summed E-state index contributed by atoms with van der Waals surface area (Å²) in [4.78, 5) is 0. The molecule has 0 bridgehead atoms. The minimum Gasteiger partial charge on any atom is -0.508 e. The fourth-order valence-corrected chi connectivity index (χ4v) is 7.60. The molecule has 3 fully saturated rings. The van der Waals surface area contributed by atoms with E-state index in [9.17, 15) is 15.3 Å². The molecule has 3 atom stereocenters. The van der Waals surface area contributed by atoms with Gasteiger partial charge in [-0.2, -0.15) is 0 Å². The van der Waals surface area contributed by atoms with Gasteiger partial charge in [0.25, 0.3) is 0 Å². The Bertz CT molecular complexity index is 2270. The predicted octanol–water partition coefficient (Wildman–Crippen LogP) is 10.8. The van der Waals surface area contributed by atoms with E-state index in [1.165, 1.54) is 22.3 Å². The van der Waals surface area contributed by atoms with Crippen LogP contribution in [-0.2, 0) is 30.5 Å². The Balaban J connectivity index is 0.000000254. The van der Waals surface area contributed by atoms with E-state index < -0.39 is 6.10 Å². The second-order valence-electron chi connectivity index (χ2n) is 19.0. The molecule has 9 rings (SSSR count). The quantitative estimate of drug-likeness (QED) is 0.0532. The van der Waals surface area contributed by atoms with Crippen LogP contribution in [0.5, 0.6) is 34.5 Å². The van der Waals surface area contributed by atoms with Gasteiger partial charge in [0.05, 0.1) is 31.8 Å². The largest absolute Gasteiger partial charge is 0.508 e. The van der Waals surface area contributed by atoms with Gasteiger partial charge in [0.1, 0.15) is 79.2 Å². The smallest absolute Gasteiger partial charge is 0.122 e. The van der Waals surface area contributed by atoms with Gasteiger partial charge in [-0.25, -0.2) is 0 Å². The topological polar surface area (TPSA) is 135 Å². The number of ether oxygens (including phenoxy) is 7. The SMILES string of the molecule is CC(C)(c1ccc(O)cc1)c1ccc(O)cc1.CC(C)(c1ccc(OCC(O)COc2ccc(C(C)(C)c3ccc(OCC4CO4)cc3)cc2)cc1)c1ccc(OCC2CO2)cc1.ClCC1CO1. The molecule has 0 aliphatic carbocycles. The van der Waals surface area contributed by atoms with Crippen molar-refractivity contribution in [3.63, 3.8) is 0 Å². The average Bonchev–Trinajstić information content (AvgIpc) is 4.20. The van der Waals surface area contributed by atoms with Crippen LogP contribution >= 0.6 is 11.6 Å². The van der Waals surface area contributed by atoms with E-state index in [0.717, 1.165) is 42.4 Å². The van der Waals surface area contributed by atoms with Crippen LogP contribution in [-0.4, -0.2) is 91.9 Å². The van der Waals surface area contributed by atoms with Crippen LogP contribution in [0.2, 0.25) is 0 Å². The number of phenolic OH excluding ortho intramolecular Hbond substituents is 2. The molecule has 0 radical (unpaired) electrons. The van der Waals surface area contributed by atoms with Crippen molar-refractivity contribution in [2.75, 3.05) is 52.1 Å². The van der Waals surface area contributed by atoms with Crippen LogP contribution in [0.4, 0.5) is 0 Å². The summed E-state index contributed by atoms with van der Waals surface area (Å²) in [6.45, 7) is 17.0. The fraction of sp³-hybridized carbons (Fsp3) is 0.368. The molecule has 3 heterocycles. The third kappa shape index (κ3) is 14.4. The normalized spacial score (nSPS) is 17.6. The maximum atomic E-state index is 10.5. The van der Waals surface area contributed by atoms with Gasteiger partial charge >= 0.3 is 0 Å². The number of halogens is 1. The standard InChI is InChI=1S/C39H44O7.C15H16O2.C3H5ClO/c1-38(2,29-9-17-34(18-10-29)43-23-36-25-45-36)27-5-13-32(14-6-27)41-21-31(40)22-42-33-15-7-28(8-16-33)39(3,4)30-11-19-35(20-12-30)44-24-37-26-46-37;1-15(2,11-3-7-13(16)8-4-11)12-5-9-14(17)10-6-12;4-1-3-2-5-3/h5-20,31,36-37,40H,21-26H2,1-4H3;3-10,16-17H,1-2H3;3H,1-2H2. The zero-order valence-corrected chi connectivity index (χ0v) is 40.7. The highest BCUT2D eigenvalue weighted by Crippen LogP contribution is 2.36. The number of benzene rings is 6. The molecule has 0 amide bonds. The number of epoxide rings is 3. The van der Waals surface area contributed by atoms with Gasteiger partial charge in [-0.1, -0.05) is 114 Å². The van der Waals surface area contributed by atoms with Crippen LogP contribution in [0, 0.1) is 0 Å². The molecular formula is C57H65ClO10. The number of aromatic hydroxyl groups is 2. The summed E-state index contributed by atoms with van der Waals surface area (Å²) in [5, 5.41) is 29.1. The number of aliphatic hydroxyl groups is 1. The fourth-order valence-electron chi connectivity index (χ4n) is 7.42. The molecule has 10 nitrogen and oxygen atoms in total. The Hall–Kier alpha value is -5.75. The highest BCUT2D eigenvalue weighted by atomic mass is 35.5. The van der Waals surface area contributed by atoms with Crippen molar-refractivity contribution < 1.29 is 48.5 Å². The Labute approximate surface area is 406 Å². The van der Waals surface area contributed by atoms with Crippen LogP contribution in [0.3, 0.4) is 0 Å². The summed E-state index contributed by atoms with van der Waals surface area (Å²) in [6.07, 6.45) is 0.110. The first-order valence-corrected chi connectivity index (χ1v) is 23.7. The first-order chi connectivity index (χ1) is 32.6. The van der Waals surface area contributed by atoms with Gasteiger partial charge in [0, 0.05) is 16.2 Å². The Morgan fingerprint density at radius 2 is 0.662 bits per heavy atom. The molecule has 0 saturated carbocycles. The monoisotopic (exact) mass is 944 g/mol. The molecule has 6 aromatic carbocycles. The maximum absolute atomic E-state index is 10.5. The first-order valence-electron chi connectivity index (χ1n) is 23.2. The van der Waals surface area contributed by atoms with Crippen molar-refractivity contribution in [3.05, 3.63) is 179 Å². The highest BCUT2D eigenvalue weighted by Gasteiger charge is 2.27. The molecule has 0 spiro atoms. The van der Waals surface area contributed by atoms with Crippen molar-refractivity contribution in [2.24, 2.45) is 0 Å². The molecule has 3 N–H and O–H groups in total. The van der Waals surface area contributed by atoms with Crippen LogP contribution in [0.1, 0.15) is 74.9 Å². The van der Waals surface area contributed by atoms with Gasteiger partial charge in [-0.3, -0.25) is 0 Å². The minimum atomic E-state index is -0.772. The number of rotatable bonds is 19. The predicted molar refractivity (Wildman–Crippen MR) is 266 cm³/mol. The van der Waals surface area contributed by atoms with E-state index >= 15 is 0 Å². The number of hydrogen-bond acceptors (Lipinski definition) is 10. The molecule has 68 heavy (non-hydrogen) atoms. The van der Waals surface area contributed by atoms with Crippen LogP contribution < -0.4 is 18.9 Å². The Morgan fingerprint density at radius 3 is 0.882 bits per heavy atom. The molecule has 6 aromatic rings. The number of alkyl halides is 1. The van der Waals surface area contributed by atoms with E-state index in [1.54, 1.807) is 24.3 Å². The summed E-state index contributed by atoms with van der Waals surface area (Å²) in [6, 6.07) is 47.0. The minimum absolute atomic E-state index is 0.134. The third-order valence-electron chi connectivity index (χ3n) is 12.6. The lowest BCUT2D eigenvalue weighted by molar-refractivity contribution is 0.0626. The zero-order valence-electron chi connectivity index (χ0n) is 39.9. The Morgan fingerprint density at radius 1 is 0.426 bits per heavy atom. The lowest BCUT2D eigenvalue weighted by atomic mass is 9.78. The van der Waals surface area contributed by atoms with E-state index in [2.05, 4.69) is 90.1 Å². The van der Waals surface area contributed by atoms with Crippen molar-refractivity contribution in [2.45, 2.75) is 82.2 Å². The van der Waals surface area contributed by atoms with Crippen LogP contribution in [0.15, 0.2) is 146 Å². The second-order valence-corrected chi connectivity index (χ2v) is 19.3. The van der Waals surface area contributed by atoms with Gasteiger partial charge in [0.15, 0.2) is 0 Å². The van der Waals surface area contributed by atoms with Gasteiger partial charge in [-0.05, 0) is 106 Å². The second kappa shape index (κ2) is 22.6. The Kier molecular flexibility index (Phi) is 16.6. The maximum Gasteiger partial charge on any atom is 0.122 e. The third-order valence-corrected chi connectivity index (χ3v) is 13.0. The molecule has 0 aromatic heterocycles. The molecule has 11 heteroatoms. The van der Waals surface area contributed by atoms with Crippen molar-refractivity contribution >= 4 is 11.6 Å². The molecule has 3 unspecified atom stereocenters. The highest BCUT2D eigenvalue weighted by molar-refractivity contribution is 6.18. The average molecular weight is 946 g/mol. The van der Waals surface area contributed by atoms with Gasteiger partial charge < -0.3 is 48.5 Å². The van der Waals surface area contributed by atoms with E-state index in [1.807, 2.05) is 72.8 Å². The molecule has 360 valence electrons. The summed E-state index contributed by atoms with van der Waals surface area (Å²) in [5.74, 6) is 4.32. The van der Waals surface area contributed by atoms with Gasteiger partial charge in [0.2, 0.25) is 0 Å². The van der Waals surface area contributed by atoms with Crippen LogP contribution in [0.25, 0.3) is 0 Å². The summed E-state index contributed by atoms with van der Waals surface area (Å²) in [5.41, 5.74) is 6.43.